The Morgan fingerprint density at radius 2 is 1.89 bits per heavy atom. The maximum absolute atomic E-state index is 13.1. The fourth-order valence-electron chi connectivity index (χ4n) is 3.43. The minimum absolute atomic E-state index is 0. The van der Waals surface area contributed by atoms with Crippen LogP contribution in [0.4, 0.5) is 11.4 Å². The lowest BCUT2D eigenvalue weighted by Gasteiger charge is -2.19. The molecule has 2 aromatic heterocycles. The van der Waals surface area contributed by atoms with Crippen LogP contribution in [0.1, 0.15) is 34.5 Å². The third-order valence-electron chi connectivity index (χ3n) is 4.78. The van der Waals surface area contributed by atoms with Crippen molar-refractivity contribution in [2.24, 2.45) is 0 Å². The van der Waals surface area contributed by atoms with E-state index >= 15 is 0 Å². The van der Waals surface area contributed by atoms with Gasteiger partial charge in [-0.05, 0) is 56.5 Å². The van der Waals surface area contributed by atoms with Gasteiger partial charge in [0.15, 0.2) is 5.65 Å². The molecular weight excluding hydrogens is 360 g/mol. The number of benzene rings is 1. The van der Waals surface area contributed by atoms with E-state index in [1.54, 1.807) is 6.20 Å². The second-order valence-electron chi connectivity index (χ2n) is 6.86. The van der Waals surface area contributed by atoms with Crippen LogP contribution in [0.15, 0.2) is 42.6 Å². The van der Waals surface area contributed by atoms with E-state index in [0.717, 1.165) is 53.9 Å². The zero-order valence-corrected chi connectivity index (χ0v) is 16.3. The fourth-order valence-corrected chi connectivity index (χ4v) is 3.43. The van der Waals surface area contributed by atoms with Gasteiger partial charge in [-0.15, -0.1) is 12.4 Å². The molecule has 0 radical (unpaired) electrons. The molecule has 3 heterocycles. The van der Waals surface area contributed by atoms with Gasteiger partial charge in [0, 0.05) is 36.1 Å². The van der Waals surface area contributed by atoms with Crippen molar-refractivity contribution < 1.29 is 4.79 Å². The lowest BCUT2D eigenvalue weighted by molar-refractivity contribution is 0.0793. The summed E-state index contributed by atoms with van der Waals surface area (Å²) in [5, 5.41) is 4.32. The summed E-state index contributed by atoms with van der Waals surface area (Å²) in [6, 6.07) is 12.1. The molecule has 1 aliphatic rings. The number of hydrogen-bond donors (Lipinski definition) is 1. The Labute approximate surface area is 165 Å². The molecule has 0 saturated carbocycles. The summed E-state index contributed by atoms with van der Waals surface area (Å²) >= 11 is 0. The van der Waals surface area contributed by atoms with Gasteiger partial charge in [-0.2, -0.15) is 0 Å². The fraction of sp³-hybridized carbons (Fsp3) is 0.286. The molecule has 1 amide bonds. The van der Waals surface area contributed by atoms with Crippen LogP contribution in [0.5, 0.6) is 0 Å². The SMILES string of the molecule is Cc1cccc(Nc2c(C(=O)N3CCCC3)cnc3nc(C)ccc23)c1.Cl. The van der Waals surface area contributed by atoms with Gasteiger partial charge in [-0.25, -0.2) is 9.97 Å². The van der Waals surface area contributed by atoms with Gasteiger partial charge < -0.3 is 10.2 Å². The number of likely N-dealkylation sites (tertiary alicyclic amines) is 1. The van der Waals surface area contributed by atoms with Crippen LogP contribution in [0, 0.1) is 13.8 Å². The van der Waals surface area contributed by atoms with Crippen LogP contribution in [0.2, 0.25) is 0 Å². The largest absolute Gasteiger partial charge is 0.354 e. The van der Waals surface area contributed by atoms with Crippen LogP contribution >= 0.6 is 12.4 Å². The van der Waals surface area contributed by atoms with E-state index in [2.05, 4.69) is 34.3 Å². The maximum atomic E-state index is 13.1. The Balaban J connectivity index is 0.00000210. The molecule has 1 aliphatic heterocycles. The molecule has 0 unspecified atom stereocenters. The van der Waals surface area contributed by atoms with Gasteiger partial charge in [0.25, 0.3) is 5.91 Å². The number of nitrogens with one attached hydrogen (secondary N) is 1. The highest BCUT2D eigenvalue weighted by molar-refractivity contribution is 6.07. The van der Waals surface area contributed by atoms with E-state index in [1.807, 2.05) is 36.1 Å². The molecule has 0 bridgehead atoms. The minimum atomic E-state index is 0. The summed E-state index contributed by atoms with van der Waals surface area (Å²) in [7, 11) is 0. The van der Waals surface area contributed by atoms with Crippen molar-refractivity contribution in [3.8, 4) is 0 Å². The Bertz CT molecular complexity index is 983. The first-order valence-electron chi connectivity index (χ1n) is 9.01. The highest BCUT2D eigenvalue weighted by Crippen LogP contribution is 2.30. The van der Waals surface area contributed by atoms with E-state index in [0.29, 0.717) is 11.2 Å². The molecule has 1 aromatic carbocycles. The minimum Gasteiger partial charge on any atom is -0.354 e. The summed E-state index contributed by atoms with van der Waals surface area (Å²) in [5.41, 5.74) is 5.06. The molecule has 1 fully saturated rings. The molecular formula is C21H23ClN4O. The quantitative estimate of drug-likeness (QED) is 0.716. The first kappa shape index (κ1) is 19.1. The van der Waals surface area contributed by atoms with Crippen molar-refractivity contribution in [1.29, 1.82) is 0 Å². The van der Waals surface area contributed by atoms with Gasteiger partial charge in [0.1, 0.15) is 0 Å². The van der Waals surface area contributed by atoms with E-state index in [1.165, 1.54) is 0 Å². The van der Waals surface area contributed by atoms with Gasteiger partial charge in [0.2, 0.25) is 0 Å². The molecule has 5 nitrogen and oxygen atoms in total. The van der Waals surface area contributed by atoms with E-state index in [4.69, 9.17) is 0 Å². The van der Waals surface area contributed by atoms with E-state index in [-0.39, 0.29) is 18.3 Å². The third kappa shape index (κ3) is 3.88. The van der Waals surface area contributed by atoms with Gasteiger partial charge in [0.05, 0.1) is 11.3 Å². The number of anilines is 2. The number of aromatic nitrogens is 2. The molecule has 1 N–H and O–H groups in total. The monoisotopic (exact) mass is 382 g/mol. The molecule has 27 heavy (non-hydrogen) atoms. The maximum Gasteiger partial charge on any atom is 0.257 e. The number of carbonyl (C=O) groups excluding carboxylic acids is 1. The molecule has 1 saturated heterocycles. The number of carbonyl (C=O) groups is 1. The normalized spacial score (nSPS) is 13.5. The molecule has 140 valence electrons. The Kier molecular flexibility index (Phi) is 5.61. The molecule has 6 heteroatoms. The molecule has 0 aliphatic carbocycles. The van der Waals surface area contributed by atoms with Crippen LogP contribution in [0.25, 0.3) is 11.0 Å². The lowest BCUT2D eigenvalue weighted by Crippen LogP contribution is -2.28. The molecule has 3 aromatic rings. The second kappa shape index (κ2) is 7.92. The molecule has 0 atom stereocenters. The highest BCUT2D eigenvalue weighted by atomic mass is 35.5. The van der Waals surface area contributed by atoms with Gasteiger partial charge in [-0.3, -0.25) is 4.79 Å². The Morgan fingerprint density at radius 1 is 1.11 bits per heavy atom. The Hall–Kier alpha value is -2.66. The number of nitrogens with zero attached hydrogens (tertiary/aromatic N) is 3. The predicted molar refractivity (Wildman–Crippen MR) is 111 cm³/mol. The van der Waals surface area contributed by atoms with E-state index in [9.17, 15) is 4.79 Å². The predicted octanol–water partition coefficient (Wildman–Crippen LogP) is 4.65. The number of hydrogen-bond acceptors (Lipinski definition) is 4. The summed E-state index contributed by atoms with van der Waals surface area (Å²) in [4.78, 5) is 23.9. The zero-order chi connectivity index (χ0) is 18.1. The average molecular weight is 383 g/mol. The van der Waals surface area contributed by atoms with Gasteiger partial charge in [-0.1, -0.05) is 12.1 Å². The lowest BCUT2D eigenvalue weighted by atomic mass is 10.1. The van der Waals surface area contributed by atoms with Crippen LogP contribution in [-0.4, -0.2) is 33.9 Å². The number of fused-ring (bicyclic) bond motifs is 1. The van der Waals surface area contributed by atoms with Crippen LogP contribution < -0.4 is 5.32 Å². The first-order valence-corrected chi connectivity index (χ1v) is 9.01. The van der Waals surface area contributed by atoms with Crippen molar-refractivity contribution in [2.45, 2.75) is 26.7 Å². The number of halogens is 1. The standard InChI is InChI=1S/C21H22N4O.ClH/c1-14-6-5-7-16(12-14)24-19-17-9-8-15(2)23-20(17)22-13-18(19)21(26)25-10-3-4-11-25;/h5-9,12-13H,3-4,10-11H2,1-2H3,(H,22,23,24);1H. The number of pyridine rings is 2. The van der Waals surface area contributed by atoms with Crippen molar-refractivity contribution in [1.82, 2.24) is 14.9 Å². The van der Waals surface area contributed by atoms with Crippen molar-refractivity contribution >= 4 is 40.7 Å². The number of amides is 1. The number of aryl methyl sites for hydroxylation is 2. The summed E-state index contributed by atoms with van der Waals surface area (Å²) < 4.78 is 0. The topological polar surface area (TPSA) is 58.1 Å². The second-order valence-corrected chi connectivity index (χ2v) is 6.86. The van der Waals surface area contributed by atoms with Gasteiger partial charge >= 0.3 is 0 Å². The smallest absolute Gasteiger partial charge is 0.257 e. The highest BCUT2D eigenvalue weighted by Gasteiger charge is 2.24. The zero-order valence-electron chi connectivity index (χ0n) is 15.5. The Morgan fingerprint density at radius 3 is 2.63 bits per heavy atom. The molecule has 0 spiro atoms. The van der Waals surface area contributed by atoms with Crippen molar-refractivity contribution in [3.05, 3.63) is 59.4 Å². The molecule has 4 rings (SSSR count). The van der Waals surface area contributed by atoms with Crippen molar-refractivity contribution in [2.75, 3.05) is 18.4 Å². The number of rotatable bonds is 3. The van der Waals surface area contributed by atoms with Crippen molar-refractivity contribution in [3.63, 3.8) is 0 Å². The third-order valence-corrected chi connectivity index (χ3v) is 4.78. The van der Waals surface area contributed by atoms with Crippen LogP contribution in [0.3, 0.4) is 0 Å². The summed E-state index contributed by atoms with van der Waals surface area (Å²) in [5.74, 6) is 0.0348. The average Bonchev–Trinajstić information content (AvgIpc) is 3.16. The van der Waals surface area contributed by atoms with Crippen LogP contribution in [-0.2, 0) is 0 Å². The first-order chi connectivity index (χ1) is 12.6. The summed E-state index contributed by atoms with van der Waals surface area (Å²) in [6.45, 7) is 5.62. The summed E-state index contributed by atoms with van der Waals surface area (Å²) in [6.07, 6.45) is 3.79. The van der Waals surface area contributed by atoms with E-state index < -0.39 is 0 Å².